The van der Waals surface area contributed by atoms with Crippen molar-refractivity contribution in [3.8, 4) is 5.75 Å². The average Bonchev–Trinajstić information content (AvgIpc) is 3.06. The van der Waals surface area contributed by atoms with Crippen LogP contribution in [0.3, 0.4) is 0 Å². The predicted molar refractivity (Wildman–Crippen MR) is 120 cm³/mol. The Hall–Kier alpha value is -3.23. The molecule has 2 aromatic carbocycles. The third-order valence-electron chi connectivity index (χ3n) is 6.09. The number of rotatable bonds is 6. The lowest BCUT2D eigenvalue weighted by Gasteiger charge is -2.29. The molecule has 2 aliphatic heterocycles. The molecule has 2 fully saturated rings. The second-order valence-electron chi connectivity index (χ2n) is 8.38. The monoisotopic (exact) mass is 454 g/mol. The highest BCUT2D eigenvalue weighted by Crippen LogP contribution is 2.41. The van der Waals surface area contributed by atoms with E-state index >= 15 is 0 Å². The summed E-state index contributed by atoms with van der Waals surface area (Å²) < 4.78 is 19.4. The number of Topliss-reactive ketones (excluding diaryl/α,β-unsaturated/α-hetero) is 1. The number of ketones is 1. The van der Waals surface area contributed by atoms with Crippen molar-refractivity contribution in [1.29, 1.82) is 0 Å². The molecule has 2 heterocycles. The van der Waals surface area contributed by atoms with E-state index in [4.69, 9.17) is 4.74 Å². The van der Waals surface area contributed by atoms with Gasteiger partial charge in [0.1, 0.15) is 17.3 Å². The Bertz CT molecular complexity index is 1090. The van der Waals surface area contributed by atoms with E-state index in [9.17, 15) is 24.2 Å². The largest absolute Gasteiger partial charge is 0.507 e. The van der Waals surface area contributed by atoms with Crippen molar-refractivity contribution >= 4 is 17.4 Å². The fourth-order valence-electron chi connectivity index (χ4n) is 4.41. The number of benzene rings is 2. The van der Waals surface area contributed by atoms with Crippen molar-refractivity contribution in [2.24, 2.45) is 0 Å². The van der Waals surface area contributed by atoms with E-state index in [0.717, 1.165) is 25.2 Å². The molecule has 4 rings (SSSR count). The summed E-state index contributed by atoms with van der Waals surface area (Å²) in [4.78, 5) is 29.7. The molecule has 2 saturated heterocycles. The molecular formula is C25H27FN2O5. The van der Waals surface area contributed by atoms with Crippen molar-refractivity contribution in [1.82, 2.24) is 9.80 Å². The summed E-state index contributed by atoms with van der Waals surface area (Å²) in [5, 5.41) is 21.4. The normalized spacial score (nSPS) is 21.0. The molecule has 0 spiro atoms. The van der Waals surface area contributed by atoms with Gasteiger partial charge in [0, 0.05) is 26.2 Å². The minimum absolute atomic E-state index is 0.0581. The van der Waals surface area contributed by atoms with Gasteiger partial charge in [-0.15, -0.1) is 0 Å². The average molecular weight is 454 g/mol. The maximum absolute atomic E-state index is 14.1. The van der Waals surface area contributed by atoms with E-state index in [1.54, 1.807) is 25.1 Å². The van der Waals surface area contributed by atoms with Crippen molar-refractivity contribution in [2.45, 2.75) is 19.4 Å². The standard InChI is InChI=1S/C25H27FN2O5/c1-16-6-7-20(29)19(14-16)23(30)21-22(17-4-2-5-18(26)15-17)28(25(32)24(21)31)9-3-8-27-10-12-33-13-11-27/h2,4-7,14-15,22,29-30H,3,8-13H2,1H3/b23-21+. The van der Waals surface area contributed by atoms with Crippen LogP contribution in [0.1, 0.15) is 29.2 Å². The van der Waals surface area contributed by atoms with E-state index in [-0.39, 0.29) is 23.4 Å². The van der Waals surface area contributed by atoms with Gasteiger partial charge in [0.15, 0.2) is 0 Å². The summed E-state index contributed by atoms with van der Waals surface area (Å²) in [5.74, 6) is -2.80. The highest BCUT2D eigenvalue weighted by molar-refractivity contribution is 6.46. The molecule has 0 saturated carbocycles. The molecule has 0 aliphatic carbocycles. The maximum Gasteiger partial charge on any atom is 0.295 e. The Morgan fingerprint density at radius 3 is 2.61 bits per heavy atom. The van der Waals surface area contributed by atoms with Crippen LogP contribution in [-0.4, -0.2) is 71.1 Å². The van der Waals surface area contributed by atoms with Crippen LogP contribution >= 0.6 is 0 Å². The molecule has 7 nitrogen and oxygen atoms in total. The molecule has 0 bridgehead atoms. The van der Waals surface area contributed by atoms with Gasteiger partial charge in [-0.1, -0.05) is 23.8 Å². The van der Waals surface area contributed by atoms with Crippen LogP contribution in [0.25, 0.3) is 5.76 Å². The number of aliphatic hydroxyl groups excluding tert-OH is 1. The first-order chi connectivity index (χ1) is 15.9. The summed E-state index contributed by atoms with van der Waals surface area (Å²) in [7, 11) is 0. The van der Waals surface area contributed by atoms with Gasteiger partial charge in [0.05, 0.1) is 30.4 Å². The van der Waals surface area contributed by atoms with Gasteiger partial charge in [-0.3, -0.25) is 14.5 Å². The van der Waals surface area contributed by atoms with Crippen LogP contribution < -0.4 is 0 Å². The van der Waals surface area contributed by atoms with E-state index in [2.05, 4.69) is 4.90 Å². The number of halogens is 1. The molecule has 174 valence electrons. The first-order valence-electron chi connectivity index (χ1n) is 11.0. The number of morpholine rings is 1. The van der Waals surface area contributed by atoms with Crippen LogP contribution in [0.5, 0.6) is 5.75 Å². The Kier molecular flexibility index (Phi) is 6.76. The number of nitrogens with zero attached hydrogens (tertiary/aromatic N) is 2. The van der Waals surface area contributed by atoms with Gasteiger partial charge >= 0.3 is 0 Å². The number of carbonyl (C=O) groups is 2. The van der Waals surface area contributed by atoms with Crippen LogP contribution in [0.4, 0.5) is 4.39 Å². The zero-order valence-corrected chi connectivity index (χ0v) is 18.5. The SMILES string of the molecule is Cc1ccc(O)c(/C(O)=C2\C(=O)C(=O)N(CCCN3CCOCC3)C2c2cccc(F)c2)c1. The first-order valence-corrected chi connectivity index (χ1v) is 11.0. The second kappa shape index (κ2) is 9.72. The van der Waals surface area contributed by atoms with Crippen molar-refractivity contribution < 1.29 is 28.9 Å². The van der Waals surface area contributed by atoms with Gasteiger partial charge in [-0.25, -0.2) is 4.39 Å². The maximum atomic E-state index is 14.1. The number of hydrogen-bond donors (Lipinski definition) is 2. The number of likely N-dealkylation sites (tertiary alicyclic amines) is 1. The lowest BCUT2D eigenvalue weighted by Crippen LogP contribution is -2.39. The summed E-state index contributed by atoms with van der Waals surface area (Å²) >= 11 is 0. The quantitative estimate of drug-likeness (QED) is 0.396. The van der Waals surface area contributed by atoms with Crippen molar-refractivity contribution in [3.63, 3.8) is 0 Å². The molecule has 1 amide bonds. The summed E-state index contributed by atoms with van der Waals surface area (Å²) in [5.41, 5.74) is 1.05. The lowest BCUT2D eigenvalue weighted by atomic mass is 9.94. The Balaban J connectivity index is 1.71. The summed E-state index contributed by atoms with van der Waals surface area (Å²) in [6.45, 7) is 5.70. The van der Waals surface area contributed by atoms with Crippen molar-refractivity contribution in [2.75, 3.05) is 39.4 Å². The number of aryl methyl sites for hydroxylation is 1. The number of phenolic OH excluding ortho intramolecular Hbond substituents is 1. The molecule has 33 heavy (non-hydrogen) atoms. The summed E-state index contributed by atoms with van der Waals surface area (Å²) in [6.07, 6.45) is 0.606. The van der Waals surface area contributed by atoms with Gasteiger partial charge in [-0.05, 0) is 43.2 Å². The molecule has 2 aromatic rings. The van der Waals surface area contributed by atoms with Crippen LogP contribution in [-0.2, 0) is 14.3 Å². The summed E-state index contributed by atoms with van der Waals surface area (Å²) in [6, 6.07) is 9.33. The minimum Gasteiger partial charge on any atom is -0.507 e. The second-order valence-corrected chi connectivity index (χ2v) is 8.38. The predicted octanol–water partition coefficient (Wildman–Crippen LogP) is 2.98. The fourth-order valence-corrected chi connectivity index (χ4v) is 4.41. The third-order valence-corrected chi connectivity index (χ3v) is 6.09. The number of phenols is 1. The molecule has 0 aromatic heterocycles. The zero-order valence-electron chi connectivity index (χ0n) is 18.5. The molecule has 2 aliphatic rings. The van der Waals surface area contributed by atoms with Gasteiger partial charge < -0.3 is 19.8 Å². The topological polar surface area (TPSA) is 90.3 Å². The Labute approximate surface area is 191 Å². The molecule has 2 N–H and O–H groups in total. The van der Waals surface area contributed by atoms with Crippen LogP contribution in [0.15, 0.2) is 48.0 Å². The smallest absolute Gasteiger partial charge is 0.295 e. The third kappa shape index (κ3) is 4.77. The molecular weight excluding hydrogens is 427 g/mol. The van der Waals surface area contributed by atoms with E-state index in [1.807, 2.05) is 0 Å². The lowest BCUT2D eigenvalue weighted by molar-refractivity contribution is -0.140. The molecule has 0 radical (unpaired) electrons. The Morgan fingerprint density at radius 1 is 1.12 bits per heavy atom. The highest BCUT2D eigenvalue weighted by atomic mass is 19.1. The number of aliphatic hydroxyl groups is 1. The molecule has 1 unspecified atom stereocenters. The van der Waals surface area contributed by atoms with E-state index < -0.39 is 29.3 Å². The zero-order chi connectivity index (χ0) is 23.5. The van der Waals surface area contributed by atoms with E-state index in [0.29, 0.717) is 25.2 Å². The number of amides is 1. The number of carbonyl (C=O) groups excluding carboxylic acids is 2. The van der Waals surface area contributed by atoms with E-state index in [1.165, 1.54) is 29.2 Å². The van der Waals surface area contributed by atoms with Gasteiger partial charge in [0.2, 0.25) is 0 Å². The molecule has 1 atom stereocenters. The van der Waals surface area contributed by atoms with Crippen LogP contribution in [0.2, 0.25) is 0 Å². The Morgan fingerprint density at radius 2 is 1.88 bits per heavy atom. The van der Waals surface area contributed by atoms with Gasteiger partial charge in [0.25, 0.3) is 11.7 Å². The number of aromatic hydroxyl groups is 1. The van der Waals surface area contributed by atoms with Crippen molar-refractivity contribution in [3.05, 3.63) is 70.5 Å². The molecule has 8 heteroatoms. The number of hydrogen-bond acceptors (Lipinski definition) is 6. The van der Waals surface area contributed by atoms with Gasteiger partial charge in [-0.2, -0.15) is 0 Å². The first kappa shape index (κ1) is 22.9. The minimum atomic E-state index is -0.953. The highest BCUT2D eigenvalue weighted by Gasteiger charge is 2.46. The number of ether oxygens (including phenoxy) is 1. The van der Waals surface area contributed by atoms with Crippen LogP contribution in [0, 0.1) is 12.7 Å². The fraction of sp³-hybridized carbons (Fsp3) is 0.360.